The van der Waals surface area contributed by atoms with Crippen LogP contribution in [0.25, 0.3) is 0 Å². The van der Waals surface area contributed by atoms with E-state index in [-0.39, 0.29) is 17.6 Å². The van der Waals surface area contributed by atoms with Crippen LogP contribution < -0.4 is 0 Å². The number of fused-ring (bicyclic) bond motifs is 3. The van der Waals surface area contributed by atoms with Gasteiger partial charge in [0, 0.05) is 11.8 Å². The van der Waals surface area contributed by atoms with Crippen molar-refractivity contribution in [2.75, 3.05) is 6.61 Å². The Kier molecular flexibility index (Phi) is 3.21. The van der Waals surface area contributed by atoms with Gasteiger partial charge in [-0.1, -0.05) is 18.6 Å². The Hall–Kier alpha value is -0.380. The monoisotopic (exact) mass is 332 g/mol. The summed E-state index contributed by atoms with van der Waals surface area (Å²) in [7, 11) is 0. The molecule has 1 heterocycles. The van der Waals surface area contributed by atoms with Crippen molar-refractivity contribution >= 4 is 0 Å². The molecule has 0 amide bonds. The number of rotatable bonds is 0. The van der Waals surface area contributed by atoms with Crippen molar-refractivity contribution in [3.63, 3.8) is 0 Å². The summed E-state index contributed by atoms with van der Waals surface area (Å²) in [5.74, 6) is 2.05. The Bertz CT molecular complexity index is 586. The number of hydrogen-bond acceptors (Lipinski definition) is 3. The summed E-state index contributed by atoms with van der Waals surface area (Å²) in [5, 5.41) is 21.8. The molecule has 24 heavy (non-hydrogen) atoms. The van der Waals surface area contributed by atoms with E-state index < -0.39 is 5.60 Å². The first kappa shape index (κ1) is 15.8. The van der Waals surface area contributed by atoms with Gasteiger partial charge in [0.25, 0.3) is 0 Å². The van der Waals surface area contributed by atoms with Crippen LogP contribution in [-0.4, -0.2) is 34.6 Å². The summed E-state index contributed by atoms with van der Waals surface area (Å²) >= 11 is 0. The van der Waals surface area contributed by atoms with E-state index in [2.05, 4.69) is 19.9 Å². The fraction of sp³-hybridized carbons (Fsp3) is 0.905. The summed E-state index contributed by atoms with van der Waals surface area (Å²) in [6.07, 6.45) is 10.4. The van der Waals surface area contributed by atoms with Crippen molar-refractivity contribution in [2.45, 2.75) is 83.0 Å². The molecular weight excluding hydrogens is 300 g/mol. The molecule has 3 heteroatoms. The average Bonchev–Trinajstić information content (AvgIpc) is 2.96. The van der Waals surface area contributed by atoms with E-state index in [4.69, 9.17) is 4.74 Å². The number of aliphatic hydroxyl groups excluding tert-OH is 1. The van der Waals surface area contributed by atoms with Crippen LogP contribution in [0.4, 0.5) is 0 Å². The van der Waals surface area contributed by atoms with Gasteiger partial charge in [-0.05, 0) is 75.0 Å². The lowest BCUT2D eigenvalue weighted by Crippen LogP contribution is -2.66. The van der Waals surface area contributed by atoms with Crippen molar-refractivity contribution in [3.05, 3.63) is 11.6 Å². The predicted octanol–water partition coefficient (Wildman–Crippen LogP) is 3.44. The molecule has 5 rings (SSSR count). The number of allylic oxidation sites excluding steroid dienone is 2. The molecular formula is C21H32O3. The lowest BCUT2D eigenvalue weighted by atomic mass is 9.43. The molecule has 0 radical (unpaired) electrons. The number of hydrogen-bond donors (Lipinski definition) is 2. The zero-order chi connectivity index (χ0) is 16.7. The molecule has 134 valence electrons. The van der Waals surface area contributed by atoms with Crippen molar-refractivity contribution in [1.29, 1.82) is 0 Å². The van der Waals surface area contributed by atoms with Gasteiger partial charge < -0.3 is 14.9 Å². The normalized spacial score (nSPS) is 60.7. The quantitative estimate of drug-likeness (QED) is 0.668. The van der Waals surface area contributed by atoms with Crippen LogP contribution in [0.1, 0.15) is 65.2 Å². The summed E-state index contributed by atoms with van der Waals surface area (Å²) in [4.78, 5) is 0. The van der Waals surface area contributed by atoms with Crippen LogP contribution in [0.15, 0.2) is 11.6 Å². The smallest absolute Gasteiger partial charge is 0.101 e. The SMILES string of the molecule is C/C=C1/CCC2C3C[C@H]4OCC5(CC[C@H](O)C[C@@]45O)C3CCC12C. The molecule has 1 aliphatic heterocycles. The molecule has 0 spiro atoms. The molecule has 4 aliphatic carbocycles. The summed E-state index contributed by atoms with van der Waals surface area (Å²) in [6.45, 7) is 5.44. The summed E-state index contributed by atoms with van der Waals surface area (Å²) < 4.78 is 6.22. The molecule has 3 nitrogen and oxygen atoms in total. The van der Waals surface area contributed by atoms with Crippen LogP contribution in [0.2, 0.25) is 0 Å². The molecule has 0 aromatic carbocycles. The maximum Gasteiger partial charge on any atom is 0.101 e. The molecule has 5 unspecified atom stereocenters. The van der Waals surface area contributed by atoms with Crippen LogP contribution in [0.5, 0.6) is 0 Å². The average molecular weight is 332 g/mol. The van der Waals surface area contributed by atoms with Gasteiger partial charge in [0.05, 0.1) is 18.8 Å². The second-order valence-corrected chi connectivity index (χ2v) is 9.70. The Morgan fingerprint density at radius 1 is 1.17 bits per heavy atom. The van der Waals surface area contributed by atoms with Crippen molar-refractivity contribution in [2.24, 2.45) is 28.6 Å². The third kappa shape index (κ3) is 1.65. The fourth-order valence-corrected chi connectivity index (χ4v) is 8.09. The van der Waals surface area contributed by atoms with Gasteiger partial charge >= 0.3 is 0 Å². The molecule has 2 N–H and O–H groups in total. The molecule has 8 atom stereocenters. The first-order valence-electron chi connectivity index (χ1n) is 10.1. The minimum Gasteiger partial charge on any atom is -0.393 e. The summed E-state index contributed by atoms with van der Waals surface area (Å²) in [6, 6.07) is 0. The molecule has 2 bridgehead atoms. The lowest BCUT2D eigenvalue weighted by Gasteiger charge is -2.62. The fourth-order valence-electron chi connectivity index (χ4n) is 8.09. The van der Waals surface area contributed by atoms with Gasteiger partial charge in [0.15, 0.2) is 0 Å². The highest BCUT2D eigenvalue weighted by Crippen LogP contribution is 2.70. The van der Waals surface area contributed by atoms with Crippen LogP contribution in [-0.2, 0) is 4.74 Å². The summed E-state index contributed by atoms with van der Waals surface area (Å²) in [5.41, 5.74) is 1.20. The predicted molar refractivity (Wildman–Crippen MR) is 92.4 cm³/mol. The molecule has 5 fully saturated rings. The van der Waals surface area contributed by atoms with Crippen molar-refractivity contribution in [1.82, 2.24) is 0 Å². The van der Waals surface area contributed by atoms with E-state index in [1.54, 1.807) is 5.57 Å². The first-order chi connectivity index (χ1) is 11.4. The van der Waals surface area contributed by atoms with E-state index in [0.29, 0.717) is 23.7 Å². The van der Waals surface area contributed by atoms with Crippen molar-refractivity contribution < 1.29 is 14.9 Å². The number of ether oxygens (including phenoxy) is 1. The van der Waals surface area contributed by atoms with Crippen molar-refractivity contribution in [3.8, 4) is 0 Å². The van der Waals surface area contributed by atoms with Gasteiger partial charge in [0.2, 0.25) is 0 Å². The molecule has 0 aromatic rings. The maximum atomic E-state index is 11.6. The third-order valence-corrected chi connectivity index (χ3v) is 9.24. The van der Waals surface area contributed by atoms with E-state index in [1.165, 1.54) is 25.7 Å². The molecule has 1 saturated heterocycles. The molecule has 4 saturated carbocycles. The van der Waals surface area contributed by atoms with Gasteiger partial charge in [-0.3, -0.25) is 0 Å². The third-order valence-electron chi connectivity index (χ3n) is 9.24. The topological polar surface area (TPSA) is 49.7 Å². The Morgan fingerprint density at radius 2 is 2.00 bits per heavy atom. The van der Waals surface area contributed by atoms with Crippen LogP contribution in [0.3, 0.4) is 0 Å². The first-order valence-corrected chi connectivity index (χ1v) is 10.1. The van der Waals surface area contributed by atoms with Gasteiger partial charge in [-0.15, -0.1) is 0 Å². The Labute approximate surface area is 145 Å². The van der Waals surface area contributed by atoms with Crippen LogP contribution >= 0.6 is 0 Å². The van der Waals surface area contributed by atoms with Crippen LogP contribution in [0, 0.1) is 28.6 Å². The standard InChI is InChI=1S/C21H32O3/c1-3-13-4-5-16-15-10-18-21(23)11-14(22)6-9-20(21,12-24-18)17(15)7-8-19(13,16)2/h3,14-18,22-23H,4-12H2,1-2H3/b13-3-/t14-,15?,16?,17?,18+,19?,20?,21+/m0/s1. The number of aliphatic hydroxyl groups is 2. The Balaban J connectivity index is 1.55. The zero-order valence-corrected chi connectivity index (χ0v) is 15.1. The minimum absolute atomic E-state index is 0.0503. The van der Waals surface area contributed by atoms with E-state index >= 15 is 0 Å². The van der Waals surface area contributed by atoms with Gasteiger partial charge in [-0.2, -0.15) is 0 Å². The van der Waals surface area contributed by atoms with E-state index in [9.17, 15) is 10.2 Å². The maximum absolute atomic E-state index is 11.6. The largest absolute Gasteiger partial charge is 0.393 e. The second kappa shape index (κ2) is 4.86. The lowest BCUT2D eigenvalue weighted by molar-refractivity contribution is -0.210. The highest BCUT2D eigenvalue weighted by atomic mass is 16.5. The highest BCUT2D eigenvalue weighted by molar-refractivity contribution is 5.27. The molecule has 5 aliphatic rings. The van der Waals surface area contributed by atoms with E-state index in [1.807, 2.05) is 0 Å². The Morgan fingerprint density at radius 3 is 2.79 bits per heavy atom. The van der Waals surface area contributed by atoms with E-state index in [0.717, 1.165) is 31.8 Å². The van der Waals surface area contributed by atoms with Gasteiger partial charge in [0.1, 0.15) is 5.60 Å². The highest BCUT2D eigenvalue weighted by Gasteiger charge is 2.72. The molecule has 0 aromatic heterocycles. The van der Waals surface area contributed by atoms with Gasteiger partial charge in [-0.25, -0.2) is 0 Å². The minimum atomic E-state index is -0.776. The zero-order valence-electron chi connectivity index (χ0n) is 15.1. The second-order valence-electron chi connectivity index (χ2n) is 9.70.